The van der Waals surface area contributed by atoms with Crippen molar-refractivity contribution in [2.75, 3.05) is 23.0 Å². The fourth-order valence-electron chi connectivity index (χ4n) is 3.19. The lowest BCUT2D eigenvalue weighted by atomic mass is 10.1. The van der Waals surface area contributed by atoms with Crippen LogP contribution in [0, 0.1) is 10.7 Å². The number of carbonyl (C=O) groups excluding carboxylic acids is 1. The number of benzene rings is 3. The SMILES string of the molecule is O=C(Oc1ccc([S+]2CCSCC2)c2ccccc12)c1c(I)ccc(I)c1I. The van der Waals surface area contributed by atoms with Crippen LogP contribution in [0.4, 0.5) is 0 Å². The highest BCUT2D eigenvalue weighted by atomic mass is 127. The first-order valence-corrected chi connectivity index (χ1v) is 14.6. The Morgan fingerprint density at radius 1 is 0.893 bits per heavy atom. The number of fused-ring (bicyclic) bond motifs is 1. The molecule has 0 aliphatic carbocycles. The lowest BCUT2D eigenvalue weighted by Gasteiger charge is -2.16. The third kappa shape index (κ3) is 4.47. The number of rotatable bonds is 3. The summed E-state index contributed by atoms with van der Waals surface area (Å²) in [6, 6.07) is 16.5. The predicted molar refractivity (Wildman–Crippen MR) is 146 cm³/mol. The molecular formula is C21H16I3O2S2+. The normalized spacial score (nSPS) is 15.0. The first kappa shape index (κ1) is 21.5. The van der Waals surface area contributed by atoms with E-state index < -0.39 is 0 Å². The van der Waals surface area contributed by atoms with Crippen LogP contribution in [-0.2, 0) is 10.9 Å². The van der Waals surface area contributed by atoms with Gasteiger partial charge in [0.05, 0.1) is 5.56 Å². The summed E-state index contributed by atoms with van der Waals surface area (Å²) < 4.78 is 8.83. The van der Waals surface area contributed by atoms with E-state index in [2.05, 4.69) is 92.0 Å². The van der Waals surface area contributed by atoms with Crippen LogP contribution < -0.4 is 4.74 Å². The average Bonchev–Trinajstić information content (AvgIpc) is 2.72. The van der Waals surface area contributed by atoms with Crippen LogP contribution in [0.5, 0.6) is 5.75 Å². The third-order valence-electron chi connectivity index (χ3n) is 4.55. The molecule has 0 N–H and O–H groups in total. The standard InChI is InChI=1S/C21H16I3O2S2/c22-15-5-6-16(23)20(24)19(15)21(25)26-17-7-8-18(28-11-9-27-10-12-28)14-4-2-1-3-13(14)17/h1-8H,9-12H2/q+1. The van der Waals surface area contributed by atoms with E-state index in [0.717, 1.165) is 16.1 Å². The monoisotopic (exact) mass is 745 g/mol. The summed E-state index contributed by atoms with van der Waals surface area (Å²) in [6.07, 6.45) is 0. The Hall–Kier alpha value is 0.280. The Morgan fingerprint density at radius 2 is 1.57 bits per heavy atom. The van der Waals surface area contributed by atoms with E-state index >= 15 is 0 Å². The Bertz CT molecular complexity index is 1050. The predicted octanol–water partition coefficient (Wildman–Crippen LogP) is 6.60. The van der Waals surface area contributed by atoms with Crippen LogP contribution in [0.1, 0.15) is 10.4 Å². The van der Waals surface area contributed by atoms with Gasteiger partial charge in [-0.1, -0.05) is 18.2 Å². The van der Waals surface area contributed by atoms with Crippen molar-refractivity contribution >= 4 is 107 Å². The first-order chi connectivity index (χ1) is 13.6. The molecule has 4 rings (SSSR count). The first-order valence-electron chi connectivity index (χ1n) is 8.69. The summed E-state index contributed by atoms with van der Waals surface area (Å²) in [5, 5.41) is 2.24. The second-order valence-corrected chi connectivity index (χ2v) is 13.1. The van der Waals surface area contributed by atoms with Crippen molar-refractivity contribution in [1.82, 2.24) is 0 Å². The molecule has 0 radical (unpaired) electrons. The van der Waals surface area contributed by atoms with Gasteiger partial charge in [-0.25, -0.2) is 4.79 Å². The van der Waals surface area contributed by atoms with Crippen LogP contribution >= 0.6 is 79.5 Å². The van der Waals surface area contributed by atoms with Gasteiger partial charge < -0.3 is 4.74 Å². The molecule has 0 unspecified atom stereocenters. The minimum Gasteiger partial charge on any atom is -0.422 e. The molecule has 1 aliphatic rings. The quantitative estimate of drug-likeness (QED) is 0.0996. The second-order valence-electron chi connectivity index (χ2n) is 6.23. The third-order valence-corrected chi connectivity index (χ3v) is 12.4. The molecule has 28 heavy (non-hydrogen) atoms. The van der Waals surface area contributed by atoms with Gasteiger partial charge in [-0.3, -0.25) is 0 Å². The molecule has 0 aromatic heterocycles. The molecule has 1 aliphatic heterocycles. The maximum atomic E-state index is 13.0. The minimum atomic E-state index is -0.290. The fourth-order valence-corrected chi connectivity index (χ4v) is 9.67. The van der Waals surface area contributed by atoms with Crippen LogP contribution in [0.25, 0.3) is 10.8 Å². The van der Waals surface area contributed by atoms with Gasteiger partial charge in [0.25, 0.3) is 0 Å². The zero-order chi connectivity index (χ0) is 19.7. The number of carbonyl (C=O) groups is 1. The molecule has 1 saturated heterocycles. The van der Waals surface area contributed by atoms with Gasteiger partial charge in [0.15, 0.2) is 4.90 Å². The number of halogens is 3. The van der Waals surface area contributed by atoms with Crippen LogP contribution in [0.15, 0.2) is 53.4 Å². The van der Waals surface area contributed by atoms with Crippen molar-refractivity contribution in [3.05, 3.63) is 64.8 Å². The van der Waals surface area contributed by atoms with E-state index in [9.17, 15) is 4.79 Å². The van der Waals surface area contributed by atoms with Crippen molar-refractivity contribution in [2.24, 2.45) is 0 Å². The Labute approximate surface area is 212 Å². The van der Waals surface area contributed by atoms with Gasteiger partial charge in [0, 0.05) is 43.9 Å². The summed E-state index contributed by atoms with van der Waals surface area (Å²) in [7, 11) is 0.285. The minimum absolute atomic E-state index is 0.285. The maximum Gasteiger partial charge on any atom is 0.345 e. The Kier molecular flexibility index (Phi) is 7.38. The van der Waals surface area contributed by atoms with E-state index in [1.54, 1.807) is 0 Å². The number of esters is 1. The highest BCUT2D eigenvalue weighted by Crippen LogP contribution is 2.35. The molecule has 7 heteroatoms. The molecule has 3 aromatic carbocycles. The highest BCUT2D eigenvalue weighted by molar-refractivity contribution is 14.1. The highest BCUT2D eigenvalue weighted by Gasteiger charge is 2.28. The van der Waals surface area contributed by atoms with Crippen molar-refractivity contribution in [2.45, 2.75) is 4.90 Å². The summed E-state index contributed by atoms with van der Waals surface area (Å²) in [6.45, 7) is 0. The van der Waals surface area contributed by atoms with Gasteiger partial charge in [-0.05, 0) is 98.1 Å². The van der Waals surface area contributed by atoms with E-state index in [4.69, 9.17) is 4.74 Å². The average molecular weight is 745 g/mol. The Balaban J connectivity index is 1.72. The number of hydrogen-bond donors (Lipinski definition) is 0. The largest absolute Gasteiger partial charge is 0.422 e. The molecule has 2 nitrogen and oxygen atoms in total. The molecule has 0 saturated carbocycles. The molecule has 1 fully saturated rings. The zero-order valence-electron chi connectivity index (χ0n) is 14.7. The summed E-state index contributed by atoms with van der Waals surface area (Å²) in [4.78, 5) is 14.4. The molecule has 144 valence electrons. The van der Waals surface area contributed by atoms with E-state index in [-0.39, 0.29) is 16.9 Å². The topological polar surface area (TPSA) is 26.3 Å². The van der Waals surface area contributed by atoms with E-state index in [1.807, 2.05) is 36.0 Å². The van der Waals surface area contributed by atoms with Gasteiger partial charge in [0.2, 0.25) is 0 Å². The van der Waals surface area contributed by atoms with Gasteiger partial charge in [0.1, 0.15) is 17.3 Å². The van der Waals surface area contributed by atoms with Gasteiger partial charge in [-0.2, -0.15) is 11.8 Å². The van der Waals surface area contributed by atoms with Crippen LogP contribution in [-0.4, -0.2) is 29.0 Å². The van der Waals surface area contributed by atoms with Crippen molar-refractivity contribution < 1.29 is 9.53 Å². The maximum absolute atomic E-state index is 13.0. The molecule has 0 spiro atoms. The summed E-state index contributed by atoms with van der Waals surface area (Å²) >= 11 is 8.73. The molecule has 0 amide bonds. The van der Waals surface area contributed by atoms with Crippen molar-refractivity contribution in [1.29, 1.82) is 0 Å². The fraction of sp³-hybridized carbons (Fsp3) is 0.190. The van der Waals surface area contributed by atoms with E-state index in [0.29, 0.717) is 11.3 Å². The number of ether oxygens (including phenoxy) is 1. The summed E-state index contributed by atoms with van der Waals surface area (Å²) in [5.41, 5.74) is 0.646. The van der Waals surface area contributed by atoms with Gasteiger partial charge >= 0.3 is 5.97 Å². The van der Waals surface area contributed by atoms with Crippen LogP contribution in [0.2, 0.25) is 0 Å². The smallest absolute Gasteiger partial charge is 0.345 e. The Morgan fingerprint density at radius 3 is 2.32 bits per heavy atom. The van der Waals surface area contributed by atoms with Crippen LogP contribution in [0.3, 0.4) is 0 Å². The number of hydrogen-bond acceptors (Lipinski definition) is 3. The molecular weight excluding hydrogens is 729 g/mol. The molecule has 0 bridgehead atoms. The lowest BCUT2D eigenvalue weighted by Crippen LogP contribution is -2.21. The zero-order valence-corrected chi connectivity index (χ0v) is 22.8. The van der Waals surface area contributed by atoms with Gasteiger partial charge in [-0.15, -0.1) is 0 Å². The van der Waals surface area contributed by atoms with Crippen molar-refractivity contribution in [3.63, 3.8) is 0 Å². The lowest BCUT2D eigenvalue weighted by molar-refractivity contribution is 0.0734. The molecule has 1 heterocycles. The second kappa shape index (κ2) is 9.61. The molecule has 0 atom stereocenters. The van der Waals surface area contributed by atoms with E-state index in [1.165, 1.54) is 33.3 Å². The number of thioether (sulfide) groups is 1. The van der Waals surface area contributed by atoms with Crippen molar-refractivity contribution in [3.8, 4) is 5.75 Å². The molecule has 3 aromatic rings. The summed E-state index contributed by atoms with van der Waals surface area (Å²) in [5.74, 6) is 5.31.